The van der Waals surface area contributed by atoms with Gasteiger partial charge in [-0.05, 0) is 26.7 Å². The van der Waals surface area contributed by atoms with E-state index in [2.05, 4.69) is 19.9 Å². The van der Waals surface area contributed by atoms with Crippen LogP contribution in [0.2, 0.25) is 0 Å². The number of fused-ring (bicyclic) bond motifs is 2. The van der Waals surface area contributed by atoms with Crippen molar-refractivity contribution >= 4 is 17.9 Å². The first-order valence-electron chi connectivity index (χ1n) is 11.7. The van der Waals surface area contributed by atoms with Gasteiger partial charge in [0, 0.05) is 38.2 Å². The molecule has 1 unspecified atom stereocenters. The Morgan fingerprint density at radius 2 is 1.91 bits per heavy atom. The summed E-state index contributed by atoms with van der Waals surface area (Å²) in [4.78, 5) is 35.6. The smallest absolute Gasteiger partial charge is 0.330 e. The number of carbonyl (C=O) groups is 3. The molecule has 8 nitrogen and oxygen atoms in total. The van der Waals surface area contributed by atoms with Crippen LogP contribution in [0.5, 0.6) is 0 Å². The molecule has 4 rings (SSSR count). The minimum atomic E-state index is -0.578. The molecule has 8 heteroatoms. The Morgan fingerprint density at radius 1 is 1.18 bits per heavy atom. The minimum Gasteiger partial charge on any atom is -0.466 e. The fraction of sp³-hybridized carbons (Fsp3) is 0.720. The Bertz CT molecular complexity index is 900. The SMILES string of the molecule is CC(=O)OCC/C(C)=C/C(=O)OC[C@]12CCC(C)=C[C@H]1O[C@@H]1C[C@@H](OC(C)=O)[C@@]2(C)C12CO2. The van der Waals surface area contributed by atoms with Gasteiger partial charge in [-0.3, -0.25) is 9.59 Å². The van der Waals surface area contributed by atoms with Crippen molar-refractivity contribution in [3.8, 4) is 0 Å². The van der Waals surface area contributed by atoms with Crippen LogP contribution < -0.4 is 0 Å². The van der Waals surface area contributed by atoms with Crippen molar-refractivity contribution in [1.82, 2.24) is 0 Å². The molecule has 0 aromatic heterocycles. The predicted molar refractivity (Wildman–Crippen MR) is 117 cm³/mol. The first-order valence-corrected chi connectivity index (χ1v) is 11.7. The Balaban J connectivity index is 1.58. The van der Waals surface area contributed by atoms with E-state index in [-0.39, 0.29) is 43.5 Å². The molecule has 6 atom stereocenters. The summed E-state index contributed by atoms with van der Waals surface area (Å²) in [6.07, 6.45) is 5.40. The van der Waals surface area contributed by atoms with E-state index in [0.29, 0.717) is 19.4 Å². The van der Waals surface area contributed by atoms with E-state index >= 15 is 0 Å². The molecule has 0 aromatic carbocycles. The van der Waals surface area contributed by atoms with Crippen LogP contribution in [-0.4, -0.2) is 61.6 Å². The molecule has 1 saturated carbocycles. The van der Waals surface area contributed by atoms with Crippen molar-refractivity contribution in [2.24, 2.45) is 10.8 Å². The number of hydrogen-bond acceptors (Lipinski definition) is 8. The summed E-state index contributed by atoms with van der Waals surface area (Å²) in [7, 11) is 0. The quantitative estimate of drug-likeness (QED) is 0.187. The van der Waals surface area contributed by atoms with Gasteiger partial charge < -0.3 is 23.7 Å². The van der Waals surface area contributed by atoms with Crippen molar-refractivity contribution in [2.45, 2.75) is 84.2 Å². The third-order valence-corrected chi connectivity index (χ3v) is 8.16. The number of esters is 3. The monoisotopic (exact) mass is 462 g/mol. The van der Waals surface area contributed by atoms with E-state index in [4.69, 9.17) is 23.7 Å². The van der Waals surface area contributed by atoms with E-state index < -0.39 is 22.4 Å². The number of epoxide rings is 1. The molecular formula is C25H34O8. The van der Waals surface area contributed by atoms with Crippen molar-refractivity contribution in [1.29, 1.82) is 0 Å². The van der Waals surface area contributed by atoms with Crippen molar-refractivity contribution < 1.29 is 38.1 Å². The summed E-state index contributed by atoms with van der Waals surface area (Å²) in [5.41, 5.74) is 0.352. The normalized spacial score (nSPS) is 38.9. The van der Waals surface area contributed by atoms with Gasteiger partial charge in [-0.25, -0.2) is 4.79 Å². The highest BCUT2D eigenvalue weighted by atomic mass is 16.6. The third kappa shape index (κ3) is 3.91. The highest BCUT2D eigenvalue weighted by Gasteiger charge is 2.83. The molecule has 2 bridgehead atoms. The predicted octanol–water partition coefficient (Wildman–Crippen LogP) is 3.03. The van der Waals surface area contributed by atoms with E-state index in [1.807, 2.05) is 0 Å². The molecule has 33 heavy (non-hydrogen) atoms. The molecule has 2 heterocycles. The van der Waals surface area contributed by atoms with E-state index in [1.165, 1.54) is 25.5 Å². The van der Waals surface area contributed by atoms with Gasteiger partial charge in [0.1, 0.15) is 18.3 Å². The lowest BCUT2D eigenvalue weighted by Crippen LogP contribution is -2.66. The first kappa shape index (κ1) is 24.0. The van der Waals surface area contributed by atoms with Crippen LogP contribution in [0.3, 0.4) is 0 Å². The molecule has 1 spiro atoms. The summed E-state index contributed by atoms with van der Waals surface area (Å²) in [5.74, 6) is -1.13. The van der Waals surface area contributed by atoms with Crippen LogP contribution in [0.25, 0.3) is 0 Å². The van der Waals surface area contributed by atoms with Crippen LogP contribution in [0.15, 0.2) is 23.3 Å². The Kier molecular flexibility index (Phi) is 6.20. The molecule has 3 fully saturated rings. The molecule has 4 aliphatic rings. The summed E-state index contributed by atoms with van der Waals surface area (Å²) in [5, 5.41) is 0. The molecular weight excluding hydrogens is 428 g/mol. The highest BCUT2D eigenvalue weighted by molar-refractivity contribution is 5.82. The van der Waals surface area contributed by atoms with Gasteiger partial charge in [-0.15, -0.1) is 0 Å². The van der Waals surface area contributed by atoms with E-state index in [0.717, 1.165) is 18.4 Å². The summed E-state index contributed by atoms with van der Waals surface area (Å²) < 4.78 is 29.2. The second-order valence-corrected chi connectivity index (χ2v) is 10.1. The maximum atomic E-state index is 12.7. The minimum absolute atomic E-state index is 0.139. The number of rotatable bonds is 7. The number of carbonyl (C=O) groups excluding carboxylic acids is 3. The average Bonchev–Trinajstić information content (AvgIpc) is 3.49. The van der Waals surface area contributed by atoms with Crippen LogP contribution in [0, 0.1) is 10.8 Å². The molecule has 182 valence electrons. The zero-order valence-corrected chi connectivity index (χ0v) is 20.1. The molecule has 0 N–H and O–H groups in total. The number of hydrogen-bond donors (Lipinski definition) is 0. The van der Waals surface area contributed by atoms with Crippen molar-refractivity contribution in [3.05, 3.63) is 23.3 Å². The number of allylic oxidation sites excluding steroid dienone is 1. The van der Waals surface area contributed by atoms with Crippen LogP contribution in [0.1, 0.15) is 60.3 Å². The van der Waals surface area contributed by atoms with Crippen LogP contribution >= 0.6 is 0 Å². The highest BCUT2D eigenvalue weighted by Crippen LogP contribution is 2.72. The lowest BCUT2D eigenvalue weighted by molar-refractivity contribution is -0.232. The van der Waals surface area contributed by atoms with Crippen molar-refractivity contribution in [2.75, 3.05) is 19.8 Å². The second kappa shape index (κ2) is 8.55. The van der Waals surface area contributed by atoms with Crippen LogP contribution in [-0.2, 0) is 38.1 Å². The lowest BCUT2D eigenvalue weighted by atomic mass is 9.51. The van der Waals surface area contributed by atoms with Crippen LogP contribution in [0.4, 0.5) is 0 Å². The molecule has 0 aromatic rings. The van der Waals surface area contributed by atoms with E-state index in [1.54, 1.807) is 6.92 Å². The molecule has 0 amide bonds. The molecule has 2 aliphatic carbocycles. The zero-order valence-electron chi connectivity index (χ0n) is 20.1. The number of ether oxygens (including phenoxy) is 5. The first-order chi connectivity index (χ1) is 15.5. The van der Waals surface area contributed by atoms with Gasteiger partial charge in [0.25, 0.3) is 0 Å². The van der Waals surface area contributed by atoms with Gasteiger partial charge in [0.15, 0.2) is 0 Å². The van der Waals surface area contributed by atoms with Gasteiger partial charge in [-0.2, -0.15) is 0 Å². The summed E-state index contributed by atoms with van der Waals surface area (Å²) >= 11 is 0. The Labute approximate surface area is 194 Å². The topological polar surface area (TPSA) is 101 Å². The standard InChI is InChI=1S/C25H34O8/c1-15-6-8-24(13-30-22(28)11-16(2)7-9-29-17(3)26)20(10-15)33-21-12-19(32-18(4)27)23(24,5)25(21)14-31-25/h10-11,19-21H,6-9,12-14H2,1-5H3/b16-11+/t19-,20-,21-,23-,24-,25?/m1/s1. The van der Waals surface area contributed by atoms with Gasteiger partial charge in [0.2, 0.25) is 0 Å². The Morgan fingerprint density at radius 3 is 2.55 bits per heavy atom. The fourth-order valence-corrected chi connectivity index (χ4v) is 6.21. The Hall–Kier alpha value is -2.19. The fourth-order valence-electron chi connectivity index (χ4n) is 6.21. The van der Waals surface area contributed by atoms with Gasteiger partial charge >= 0.3 is 17.9 Å². The van der Waals surface area contributed by atoms with Gasteiger partial charge in [-0.1, -0.05) is 24.1 Å². The average molecular weight is 463 g/mol. The van der Waals surface area contributed by atoms with Crippen molar-refractivity contribution in [3.63, 3.8) is 0 Å². The largest absolute Gasteiger partial charge is 0.466 e. The zero-order chi connectivity index (χ0) is 24.0. The molecule has 2 aliphatic heterocycles. The summed E-state index contributed by atoms with van der Waals surface area (Å²) in [6.45, 7) is 9.68. The molecule has 0 radical (unpaired) electrons. The maximum Gasteiger partial charge on any atom is 0.330 e. The third-order valence-electron chi connectivity index (χ3n) is 8.16. The maximum absolute atomic E-state index is 12.7. The second-order valence-electron chi connectivity index (χ2n) is 10.1. The van der Waals surface area contributed by atoms with E-state index in [9.17, 15) is 14.4 Å². The molecule has 2 saturated heterocycles. The van der Waals surface area contributed by atoms with Gasteiger partial charge in [0.05, 0.1) is 30.8 Å². The summed E-state index contributed by atoms with van der Waals surface area (Å²) in [6, 6.07) is 0. The lowest BCUT2D eigenvalue weighted by Gasteiger charge is -2.58.